The summed E-state index contributed by atoms with van der Waals surface area (Å²) in [7, 11) is -5.07. The molecule has 1 rings (SSSR count). The molecule has 0 saturated carbocycles. The Morgan fingerprint density at radius 3 is 1.32 bits per heavy atom. The first-order chi connectivity index (χ1) is 35.6. The van der Waals surface area contributed by atoms with E-state index in [4.69, 9.17) is 18.9 Å². The number of carbonyl (C=O) groups is 1. The Morgan fingerprint density at radius 1 is 0.521 bits per heavy atom. The van der Waals surface area contributed by atoms with Crippen LogP contribution < -0.4 is 0 Å². The van der Waals surface area contributed by atoms with E-state index in [0.29, 0.717) is 13.0 Å². The Hall–Kier alpha value is -1.68. The van der Waals surface area contributed by atoms with E-state index in [1.807, 2.05) is 0 Å². The Bertz CT molecular complexity index is 1410. The molecule has 0 aromatic rings. The van der Waals surface area contributed by atoms with Gasteiger partial charge in [-0.25, -0.2) is 4.18 Å². The Balaban J connectivity index is 2.28. The number of allylic oxidation sites excluding steroid dienone is 6. The predicted molar refractivity (Wildman–Crippen MR) is 299 cm³/mol. The molecule has 430 valence electrons. The van der Waals surface area contributed by atoms with Crippen molar-refractivity contribution in [3.8, 4) is 0 Å². The van der Waals surface area contributed by atoms with Gasteiger partial charge in [-0.05, 0) is 51.4 Å². The Labute approximate surface area is 447 Å². The number of unbranched alkanes of at least 4 members (excludes halogenated alkanes) is 35. The highest BCUT2D eigenvalue weighted by Gasteiger charge is 2.48. The first kappa shape index (κ1) is 69.3. The fourth-order valence-electron chi connectivity index (χ4n) is 9.45. The maximum absolute atomic E-state index is 13.0. The van der Waals surface area contributed by atoms with Gasteiger partial charge in [0.1, 0.15) is 30.5 Å². The van der Waals surface area contributed by atoms with Crippen molar-refractivity contribution >= 4 is 16.4 Å². The zero-order chi connectivity index (χ0) is 53.1. The van der Waals surface area contributed by atoms with Gasteiger partial charge in [0.15, 0.2) is 6.29 Å². The van der Waals surface area contributed by atoms with Crippen LogP contribution in [-0.2, 0) is 38.3 Å². The third kappa shape index (κ3) is 44.1. The molecule has 1 saturated heterocycles. The minimum atomic E-state index is -5.07. The molecule has 4 N–H and O–H groups in total. The van der Waals surface area contributed by atoms with Crippen molar-refractivity contribution in [1.82, 2.24) is 0 Å². The molecule has 1 aliphatic heterocycles. The van der Waals surface area contributed by atoms with Crippen LogP contribution in [0.1, 0.15) is 277 Å². The second kappa shape index (κ2) is 51.1. The molecule has 1 aliphatic rings. The number of hydrogen-bond donors (Lipinski definition) is 4. The first-order valence-electron chi connectivity index (χ1n) is 30.2. The number of carbonyl (C=O) groups excluding carboxylic acids is 1. The van der Waals surface area contributed by atoms with Crippen LogP contribution in [0.4, 0.5) is 0 Å². The molecule has 0 aromatic heterocycles. The molecule has 12 nitrogen and oxygen atoms in total. The molecular formula is C60H112O12S. The number of hydrogen-bond acceptors (Lipinski definition) is 11. The molecule has 0 aromatic carbocycles. The number of aliphatic hydroxyl groups is 3. The van der Waals surface area contributed by atoms with Crippen molar-refractivity contribution in [3.05, 3.63) is 36.5 Å². The fraction of sp³-hybridized carbons (Fsp3) is 0.883. The maximum Gasteiger partial charge on any atom is 0.397 e. The third-order valence-electron chi connectivity index (χ3n) is 14.0. The summed E-state index contributed by atoms with van der Waals surface area (Å²) < 4.78 is 59.5. The van der Waals surface area contributed by atoms with Gasteiger partial charge >= 0.3 is 16.4 Å². The zero-order valence-corrected chi connectivity index (χ0v) is 47.5. The van der Waals surface area contributed by atoms with Crippen molar-refractivity contribution < 1.29 is 56.2 Å². The van der Waals surface area contributed by atoms with Gasteiger partial charge in [-0.2, -0.15) is 8.42 Å². The van der Waals surface area contributed by atoms with Gasteiger partial charge in [0.25, 0.3) is 0 Å². The van der Waals surface area contributed by atoms with Crippen molar-refractivity contribution in [1.29, 1.82) is 0 Å². The molecule has 1 heterocycles. The SMILES string of the molecule is CCCCCCC/C=C\C/C=C\C/C=C\CCCCCCCCCCCOCC(COC1OC(CO)C(O)C(OS(=O)(=O)O)C1O)OC(=O)CCCCCCCCCCCCCCCCCCCCCCCC. The molecule has 0 amide bonds. The average Bonchev–Trinajstić information content (AvgIpc) is 3.37. The molecule has 0 bridgehead atoms. The first-order valence-corrected chi connectivity index (χ1v) is 31.6. The van der Waals surface area contributed by atoms with Crippen LogP contribution in [0, 0.1) is 0 Å². The summed E-state index contributed by atoms with van der Waals surface area (Å²) in [5.74, 6) is -0.395. The summed E-state index contributed by atoms with van der Waals surface area (Å²) in [6, 6.07) is 0. The molecule has 0 aliphatic carbocycles. The van der Waals surface area contributed by atoms with E-state index in [9.17, 15) is 33.1 Å². The van der Waals surface area contributed by atoms with Gasteiger partial charge in [-0.15, -0.1) is 0 Å². The Kier molecular flexibility index (Phi) is 48.5. The summed E-state index contributed by atoms with van der Waals surface area (Å²) in [6.45, 7) is 4.03. The smallest absolute Gasteiger partial charge is 0.397 e. The Morgan fingerprint density at radius 2 is 0.904 bits per heavy atom. The minimum absolute atomic E-state index is 0.0355. The van der Waals surface area contributed by atoms with Crippen LogP contribution in [0.3, 0.4) is 0 Å². The van der Waals surface area contributed by atoms with Crippen LogP contribution in [0.5, 0.6) is 0 Å². The van der Waals surface area contributed by atoms with E-state index in [1.54, 1.807) is 0 Å². The van der Waals surface area contributed by atoms with Gasteiger partial charge in [-0.3, -0.25) is 9.35 Å². The van der Waals surface area contributed by atoms with Crippen LogP contribution >= 0.6 is 0 Å². The summed E-state index contributed by atoms with van der Waals surface area (Å²) in [5, 5.41) is 30.9. The summed E-state index contributed by atoms with van der Waals surface area (Å²) >= 11 is 0. The maximum atomic E-state index is 13.0. The normalized spacial score (nSPS) is 19.0. The molecule has 6 atom stereocenters. The topological polar surface area (TPSA) is 178 Å². The lowest BCUT2D eigenvalue weighted by molar-refractivity contribution is -0.301. The van der Waals surface area contributed by atoms with Gasteiger partial charge in [0.05, 0.1) is 19.8 Å². The lowest BCUT2D eigenvalue weighted by atomic mass is 9.99. The predicted octanol–water partition coefficient (Wildman–Crippen LogP) is 15.3. The quantitative estimate of drug-likeness (QED) is 0.0196. The zero-order valence-electron chi connectivity index (χ0n) is 46.7. The highest BCUT2D eigenvalue weighted by molar-refractivity contribution is 7.80. The van der Waals surface area contributed by atoms with Crippen LogP contribution in [0.2, 0.25) is 0 Å². The lowest BCUT2D eigenvalue weighted by Crippen LogP contribution is -2.60. The summed E-state index contributed by atoms with van der Waals surface area (Å²) in [4.78, 5) is 13.0. The standard InChI is InChI=1S/C60H112O12S/c1-3-5-7-9-11-13-15-17-19-21-23-25-27-28-30-32-34-36-38-40-42-44-46-48-50-68-52-54(53-69-60-58(64)59(72-73(65,66)67)57(63)55(51-61)71-60)70-56(62)49-47-45-43-41-39-37-35-33-31-29-26-24-22-20-18-16-14-12-10-8-6-4-2/h15,17,21,23,27-28,54-55,57-61,63-64H,3-14,16,18-20,22,24-26,29-53H2,1-2H3,(H,65,66,67)/b17-15-,23-21-,28-27-. The number of ether oxygens (including phenoxy) is 4. The van der Waals surface area contributed by atoms with Crippen LogP contribution in [-0.4, -0.2) is 97.5 Å². The molecule has 13 heteroatoms. The number of esters is 1. The number of aliphatic hydroxyl groups excluding tert-OH is 3. The highest BCUT2D eigenvalue weighted by atomic mass is 32.3. The van der Waals surface area contributed by atoms with Crippen molar-refractivity contribution in [2.45, 2.75) is 314 Å². The molecule has 73 heavy (non-hydrogen) atoms. The highest BCUT2D eigenvalue weighted by Crippen LogP contribution is 2.26. The van der Waals surface area contributed by atoms with Crippen LogP contribution in [0.15, 0.2) is 36.5 Å². The lowest BCUT2D eigenvalue weighted by Gasteiger charge is -2.41. The molecule has 1 fully saturated rings. The average molecular weight is 1060 g/mol. The van der Waals surface area contributed by atoms with E-state index in [2.05, 4.69) is 54.5 Å². The van der Waals surface area contributed by atoms with Crippen molar-refractivity contribution in [2.75, 3.05) is 26.4 Å². The monoisotopic (exact) mass is 1060 g/mol. The summed E-state index contributed by atoms with van der Waals surface area (Å²) in [5.41, 5.74) is 0. The molecule has 6 unspecified atom stereocenters. The van der Waals surface area contributed by atoms with Crippen molar-refractivity contribution in [3.63, 3.8) is 0 Å². The second-order valence-corrected chi connectivity index (χ2v) is 22.0. The number of rotatable bonds is 54. The van der Waals surface area contributed by atoms with E-state index in [1.165, 1.54) is 193 Å². The fourth-order valence-corrected chi connectivity index (χ4v) is 9.96. The van der Waals surface area contributed by atoms with E-state index < -0.39 is 59.8 Å². The molecule has 0 spiro atoms. The van der Waals surface area contributed by atoms with E-state index in [-0.39, 0.29) is 19.6 Å². The van der Waals surface area contributed by atoms with Crippen LogP contribution in [0.25, 0.3) is 0 Å². The minimum Gasteiger partial charge on any atom is -0.457 e. The van der Waals surface area contributed by atoms with Gasteiger partial charge < -0.3 is 34.3 Å². The van der Waals surface area contributed by atoms with Gasteiger partial charge in [-0.1, -0.05) is 256 Å². The largest absolute Gasteiger partial charge is 0.457 e. The van der Waals surface area contributed by atoms with E-state index >= 15 is 0 Å². The van der Waals surface area contributed by atoms with E-state index in [0.717, 1.165) is 57.8 Å². The third-order valence-corrected chi connectivity index (χ3v) is 14.5. The summed E-state index contributed by atoms with van der Waals surface area (Å²) in [6.07, 6.45) is 54.7. The molecular weight excluding hydrogens is 945 g/mol. The van der Waals surface area contributed by atoms with Gasteiger partial charge in [0, 0.05) is 13.0 Å². The van der Waals surface area contributed by atoms with Gasteiger partial charge in [0.2, 0.25) is 0 Å². The second-order valence-electron chi connectivity index (χ2n) is 20.9. The van der Waals surface area contributed by atoms with Crippen molar-refractivity contribution in [2.24, 2.45) is 0 Å². The molecule has 0 radical (unpaired) electrons.